The molecule has 1 atom stereocenters. The van der Waals surface area contributed by atoms with Crippen LogP contribution in [0.1, 0.15) is 79.0 Å². The Morgan fingerprint density at radius 3 is 1.32 bits per heavy atom. The van der Waals surface area contributed by atoms with Gasteiger partial charge in [-0.25, -0.2) is 0 Å². The molecular formula is C31H41OP2+. The van der Waals surface area contributed by atoms with Gasteiger partial charge in [-0.05, 0) is 32.4 Å². The molecule has 1 unspecified atom stereocenters. The number of hydrogen-bond acceptors (Lipinski definition) is 1. The topological polar surface area (TPSA) is 17.1 Å². The Morgan fingerprint density at radius 1 is 0.618 bits per heavy atom. The van der Waals surface area contributed by atoms with Crippen molar-refractivity contribution in [2.45, 2.75) is 78.6 Å². The van der Waals surface area contributed by atoms with Crippen LogP contribution in [0.15, 0.2) is 72.8 Å². The molecule has 0 amide bonds. The fraction of sp³-hybridized carbons (Fsp3) is 0.419. The summed E-state index contributed by atoms with van der Waals surface area (Å²) < 4.78 is 14.5. The van der Waals surface area contributed by atoms with Gasteiger partial charge in [0.15, 0.2) is 11.2 Å². The van der Waals surface area contributed by atoms with Crippen LogP contribution in [0.4, 0.5) is 0 Å². The fourth-order valence-corrected chi connectivity index (χ4v) is 9.81. The Bertz CT molecular complexity index is 1050. The van der Waals surface area contributed by atoms with E-state index < -0.39 is 15.7 Å². The standard InChI is InChI=1S/C31H41OP2/c1-29(2,3)23-20-26(30(4,5)6)28(27(21-23)31(7,8)9)34(32)22-33(24-16-12-10-13-17-24)25-18-14-11-15-19-25/h10-21H,22H2,1-9H3/q+1. The molecule has 0 radical (unpaired) electrons. The van der Waals surface area contributed by atoms with E-state index in [2.05, 4.69) is 135 Å². The molecule has 180 valence electrons. The molecule has 34 heavy (non-hydrogen) atoms. The molecule has 0 aromatic heterocycles. The van der Waals surface area contributed by atoms with Crippen LogP contribution < -0.4 is 15.9 Å². The minimum Gasteiger partial charge on any atom is -0.0676 e. The minimum atomic E-state index is -1.60. The normalized spacial score (nSPS) is 13.3. The highest BCUT2D eigenvalue weighted by molar-refractivity contribution is 7.82. The van der Waals surface area contributed by atoms with E-state index in [0.29, 0.717) is 5.90 Å². The quantitative estimate of drug-likeness (QED) is 0.329. The first-order valence-electron chi connectivity index (χ1n) is 12.2. The van der Waals surface area contributed by atoms with Gasteiger partial charge in [0, 0.05) is 19.0 Å². The Labute approximate surface area is 209 Å². The van der Waals surface area contributed by atoms with Crippen LogP contribution in [0.5, 0.6) is 0 Å². The maximum Gasteiger partial charge on any atom is 0.382 e. The molecule has 0 spiro atoms. The first-order valence-corrected chi connectivity index (χ1v) is 15.2. The van der Waals surface area contributed by atoms with Crippen molar-refractivity contribution in [2.24, 2.45) is 0 Å². The van der Waals surface area contributed by atoms with Gasteiger partial charge in [-0.2, -0.15) is 0 Å². The molecule has 0 fully saturated rings. The van der Waals surface area contributed by atoms with E-state index in [1.807, 2.05) is 0 Å². The predicted molar refractivity (Wildman–Crippen MR) is 154 cm³/mol. The summed E-state index contributed by atoms with van der Waals surface area (Å²) in [5, 5.41) is 3.66. The van der Waals surface area contributed by atoms with Crippen molar-refractivity contribution in [1.82, 2.24) is 0 Å². The van der Waals surface area contributed by atoms with Crippen molar-refractivity contribution in [3.8, 4) is 0 Å². The molecule has 0 aliphatic carbocycles. The first kappa shape index (κ1) is 26.8. The zero-order chi connectivity index (χ0) is 25.3. The van der Waals surface area contributed by atoms with Crippen molar-refractivity contribution in [3.05, 3.63) is 89.5 Å². The Hall–Kier alpha value is -1.81. The van der Waals surface area contributed by atoms with Gasteiger partial charge in [-0.15, -0.1) is 0 Å². The summed E-state index contributed by atoms with van der Waals surface area (Å²) >= 11 is 0. The second kappa shape index (κ2) is 10.0. The average molecular weight is 492 g/mol. The van der Waals surface area contributed by atoms with Crippen LogP contribution >= 0.6 is 15.7 Å². The summed E-state index contributed by atoms with van der Waals surface area (Å²) in [4.78, 5) is 0. The lowest BCUT2D eigenvalue weighted by molar-refractivity contribution is 0.550. The molecule has 0 N–H and O–H groups in total. The van der Waals surface area contributed by atoms with Gasteiger partial charge < -0.3 is 0 Å². The van der Waals surface area contributed by atoms with Crippen molar-refractivity contribution in [2.75, 3.05) is 5.90 Å². The SMILES string of the molecule is CC(C)(C)c1cc(C(C)(C)C)c([P+](=O)CP(c2ccccc2)c2ccccc2)c(C(C)(C)C)c1. The molecular weight excluding hydrogens is 450 g/mol. The van der Waals surface area contributed by atoms with Gasteiger partial charge in [-0.1, -0.05) is 140 Å². The van der Waals surface area contributed by atoms with E-state index >= 15 is 0 Å². The molecule has 1 nitrogen and oxygen atoms in total. The van der Waals surface area contributed by atoms with Crippen molar-refractivity contribution in [1.29, 1.82) is 0 Å². The van der Waals surface area contributed by atoms with E-state index in [0.717, 1.165) is 5.30 Å². The molecule has 3 rings (SSSR count). The average Bonchev–Trinajstić information content (AvgIpc) is 2.75. The third-order valence-corrected chi connectivity index (χ3v) is 11.2. The van der Waals surface area contributed by atoms with Crippen molar-refractivity contribution in [3.63, 3.8) is 0 Å². The van der Waals surface area contributed by atoms with Crippen LogP contribution in [0.3, 0.4) is 0 Å². The van der Waals surface area contributed by atoms with E-state index in [1.165, 1.54) is 27.3 Å². The summed E-state index contributed by atoms with van der Waals surface area (Å²) in [5.74, 6) is 0.666. The smallest absolute Gasteiger partial charge is 0.0676 e. The molecule has 0 heterocycles. The summed E-state index contributed by atoms with van der Waals surface area (Å²) in [5.41, 5.74) is 3.64. The summed E-state index contributed by atoms with van der Waals surface area (Å²) in [6.07, 6.45) is 0. The Kier molecular flexibility index (Phi) is 7.92. The van der Waals surface area contributed by atoms with E-state index in [1.54, 1.807) is 0 Å². The highest BCUT2D eigenvalue weighted by Crippen LogP contribution is 2.46. The van der Waals surface area contributed by atoms with Crippen LogP contribution in [-0.4, -0.2) is 5.90 Å². The zero-order valence-corrected chi connectivity index (χ0v) is 24.2. The van der Waals surface area contributed by atoms with E-state index in [4.69, 9.17) is 0 Å². The maximum atomic E-state index is 14.5. The van der Waals surface area contributed by atoms with Crippen LogP contribution in [0.25, 0.3) is 0 Å². The second-order valence-electron chi connectivity index (χ2n) is 12.3. The molecule has 0 saturated carbocycles. The minimum absolute atomic E-state index is 0.0326. The van der Waals surface area contributed by atoms with Gasteiger partial charge in [0.2, 0.25) is 0 Å². The third-order valence-electron chi connectivity index (χ3n) is 6.25. The van der Waals surface area contributed by atoms with Crippen molar-refractivity contribution >= 4 is 31.6 Å². The van der Waals surface area contributed by atoms with Crippen molar-refractivity contribution < 1.29 is 4.57 Å². The third kappa shape index (κ3) is 6.24. The molecule has 3 heteroatoms. The number of benzene rings is 3. The first-order chi connectivity index (χ1) is 15.7. The van der Waals surface area contributed by atoms with Crippen LogP contribution in [0, 0.1) is 0 Å². The van der Waals surface area contributed by atoms with Gasteiger partial charge >= 0.3 is 7.80 Å². The maximum absolute atomic E-state index is 14.5. The second-order valence-corrected chi connectivity index (χ2v) is 16.5. The predicted octanol–water partition coefficient (Wildman–Crippen LogP) is 8.12. The lowest BCUT2D eigenvalue weighted by atomic mass is 9.75. The van der Waals surface area contributed by atoms with Crippen LogP contribution in [-0.2, 0) is 20.8 Å². The van der Waals surface area contributed by atoms with E-state index in [9.17, 15) is 4.57 Å². The largest absolute Gasteiger partial charge is 0.382 e. The highest BCUT2D eigenvalue weighted by Gasteiger charge is 2.39. The van der Waals surface area contributed by atoms with Gasteiger partial charge in [0.05, 0.1) is 0 Å². The molecule has 0 bridgehead atoms. The lowest BCUT2D eigenvalue weighted by Crippen LogP contribution is -2.31. The summed E-state index contributed by atoms with van der Waals surface area (Å²) in [6.45, 7) is 20.3. The Balaban J connectivity index is 2.21. The highest BCUT2D eigenvalue weighted by atomic mass is 31.2. The molecule has 3 aromatic carbocycles. The lowest BCUT2D eigenvalue weighted by Gasteiger charge is -2.30. The molecule has 0 saturated heterocycles. The number of rotatable bonds is 5. The summed E-state index contributed by atoms with van der Waals surface area (Å²) in [6, 6.07) is 26.0. The van der Waals surface area contributed by atoms with Gasteiger partial charge in [0.1, 0.15) is 0 Å². The van der Waals surface area contributed by atoms with Gasteiger partial charge in [-0.3, -0.25) is 0 Å². The fourth-order valence-electron chi connectivity index (χ4n) is 4.21. The summed E-state index contributed by atoms with van der Waals surface area (Å²) in [7, 11) is -2.33. The van der Waals surface area contributed by atoms with Gasteiger partial charge in [0.25, 0.3) is 0 Å². The monoisotopic (exact) mass is 491 g/mol. The Morgan fingerprint density at radius 2 is 1.00 bits per heavy atom. The zero-order valence-electron chi connectivity index (χ0n) is 22.4. The molecule has 3 aromatic rings. The molecule has 0 aliphatic rings. The molecule has 0 aliphatic heterocycles. The number of hydrogen-bond donors (Lipinski definition) is 0. The van der Waals surface area contributed by atoms with Crippen LogP contribution in [0.2, 0.25) is 0 Å². The van der Waals surface area contributed by atoms with E-state index in [-0.39, 0.29) is 16.2 Å².